The highest BCUT2D eigenvalue weighted by molar-refractivity contribution is 6.13. The van der Waals surface area contributed by atoms with Crippen LogP contribution < -0.4 is 0 Å². The molecule has 13 rings (SSSR count). The van der Waals surface area contributed by atoms with Gasteiger partial charge in [0.2, 0.25) is 0 Å². The van der Waals surface area contributed by atoms with Crippen LogP contribution in [0.2, 0.25) is 0 Å². The first-order valence-electron chi connectivity index (χ1n) is 21.1. The fourth-order valence-electron chi connectivity index (χ4n) is 9.40. The van der Waals surface area contributed by atoms with Gasteiger partial charge in [0.1, 0.15) is 0 Å². The predicted molar refractivity (Wildman–Crippen MR) is 258 cm³/mol. The van der Waals surface area contributed by atoms with Crippen LogP contribution in [0.3, 0.4) is 0 Å². The molecule has 0 unspecified atom stereocenters. The van der Waals surface area contributed by atoms with Gasteiger partial charge in [-0.3, -0.25) is 0 Å². The molecule has 0 amide bonds. The molecule has 13 aromatic rings. The van der Waals surface area contributed by atoms with Crippen molar-refractivity contribution in [2.24, 2.45) is 0 Å². The Morgan fingerprint density at radius 3 is 0.952 bits per heavy atom. The molecular formula is C56H35N7. The van der Waals surface area contributed by atoms with Gasteiger partial charge in [0, 0.05) is 71.1 Å². The van der Waals surface area contributed by atoms with Gasteiger partial charge in [-0.1, -0.05) is 127 Å². The molecule has 3 N–H and O–H groups in total. The zero-order valence-electron chi connectivity index (χ0n) is 33.8. The first-order valence-corrected chi connectivity index (χ1v) is 21.1. The topological polar surface area (TPSA) is 98.9 Å². The number of rotatable bonds is 6. The normalized spacial score (nSPS) is 11.8. The summed E-state index contributed by atoms with van der Waals surface area (Å²) in [6.07, 6.45) is 0. The fraction of sp³-hybridized carbons (Fsp3) is 0. The van der Waals surface area contributed by atoms with Crippen LogP contribution in [-0.2, 0) is 0 Å². The number of pyridine rings is 4. The number of aromatic amines is 3. The number of benzene rings is 6. The molecule has 294 valence electrons. The van der Waals surface area contributed by atoms with Crippen molar-refractivity contribution in [1.82, 2.24) is 34.9 Å². The SMILES string of the molecule is c1cc(-c2cc(-c3cccc(-c4cccc5c4[nH]c4ccccc45)n3)nc(-c3cccc(-c4cccc5c4[nH]c4ccccc45)n3)c2)nc(-c2cccc3c2[nH]c2ccccc23)c1. The molecule has 0 aliphatic carbocycles. The standard InChI is InChI=1S/C56H35N7/c1-4-22-44-34(13-1)37-16-7-19-40(54(37)61-44)47-26-10-25-43(57-47)33-31-52(50-29-11-27-48(58-50)41-20-8-17-38-35-14-2-5-23-45(35)62-55(38)41)60-53(32-33)51-30-12-28-49(59-51)42-21-9-18-39-36-15-3-6-24-46(36)63-56(39)42/h1-32,61-63H. The maximum Gasteiger partial charge on any atom is 0.0901 e. The largest absolute Gasteiger partial charge is 0.354 e. The first-order chi connectivity index (χ1) is 31.2. The Balaban J connectivity index is 0.979. The molecule has 0 bridgehead atoms. The Labute approximate surface area is 360 Å². The van der Waals surface area contributed by atoms with Gasteiger partial charge in [-0.25, -0.2) is 19.9 Å². The van der Waals surface area contributed by atoms with Gasteiger partial charge in [0.25, 0.3) is 0 Å². The van der Waals surface area contributed by atoms with Gasteiger partial charge in [-0.2, -0.15) is 0 Å². The van der Waals surface area contributed by atoms with E-state index < -0.39 is 0 Å². The molecule has 7 nitrogen and oxygen atoms in total. The Morgan fingerprint density at radius 1 is 0.238 bits per heavy atom. The number of nitrogens with zero attached hydrogens (tertiary/aromatic N) is 4. The molecule has 63 heavy (non-hydrogen) atoms. The summed E-state index contributed by atoms with van der Waals surface area (Å²) in [4.78, 5) is 32.3. The predicted octanol–water partition coefficient (Wildman–Crippen LogP) is 14.2. The molecule has 0 saturated heterocycles. The summed E-state index contributed by atoms with van der Waals surface area (Å²) in [6.45, 7) is 0. The second-order valence-electron chi connectivity index (χ2n) is 16.0. The van der Waals surface area contributed by atoms with Gasteiger partial charge < -0.3 is 15.0 Å². The molecule has 0 radical (unpaired) electrons. The van der Waals surface area contributed by atoms with Gasteiger partial charge in [-0.15, -0.1) is 0 Å². The van der Waals surface area contributed by atoms with Crippen molar-refractivity contribution in [3.05, 3.63) is 194 Å². The molecule has 0 atom stereocenters. The van der Waals surface area contributed by atoms with Crippen molar-refractivity contribution in [3.8, 4) is 67.8 Å². The minimum Gasteiger partial charge on any atom is -0.354 e. The average molecular weight is 806 g/mol. The van der Waals surface area contributed by atoms with Crippen LogP contribution >= 0.6 is 0 Å². The average Bonchev–Trinajstić information content (AvgIpc) is 4.06. The maximum atomic E-state index is 5.35. The first kappa shape index (κ1) is 35.1. The Bertz CT molecular complexity index is 3530. The second kappa shape index (κ2) is 13.9. The van der Waals surface area contributed by atoms with E-state index in [-0.39, 0.29) is 0 Å². The van der Waals surface area contributed by atoms with E-state index in [1.807, 2.05) is 12.1 Å². The molecule has 7 aromatic heterocycles. The van der Waals surface area contributed by atoms with Gasteiger partial charge in [0.15, 0.2) is 0 Å². The highest BCUT2D eigenvalue weighted by atomic mass is 14.8. The quantitative estimate of drug-likeness (QED) is 0.156. The molecule has 6 aromatic carbocycles. The minimum atomic E-state index is 0.725. The van der Waals surface area contributed by atoms with Crippen LogP contribution in [0.4, 0.5) is 0 Å². The van der Waals surface area contributed by atoms with E-state index in [0.717, 1.165) is 101 Å². The van der Waals surface area contributed by atoms with E-state index >= 15 is 0 Å². The number of hydrogen-bond donors (Lipinski definition) is 3. The zero-order chi connectivity index (χ0) is 41.4. The summed E-state index contributed by atoms with van der Waals surface area (Å²) in [5, 5.41) is 7.08. The lowest BCUT2D eigenvalue weighted by Crippen LogP contribution is -1.97. The smallest absolute Gasteiger partial charge is 0.0901 e. The third kappa shape index (κ3) is 5.75. The number of fused-ring (bicyclic) bond motifs is 9. The summed E-state index contributed by atoms with van der Waals surface area (Å²) in [5.41, 5.74) is 16.9. The van der Waals surface area contributed by atoms with Crippen molar-refractivity contribution in [3.63, 3.8) is 0 Å². The number of H-pyrrole nitrogens is 3. The van der Waals surface area contributed by atoms with E-state index in [2.05, 4.69) is 197 Å². The Morgan fingerprint density at radius 2 is 0.540 bits per heavy atom. The summed E-state index contributed by atoms with van der Waals surface area (Å²) in [7, 11) is 0. The van der Waals surface area contributed by atoms with Gasteiger partial charge >= 0.3 is 0 Å². The molecule has 0 fully saturated rings. The van der Waals surface area contributed by atoms with Crippen molar-refractivity contribution < 1.29 is 0 Å². The number of hydrogen-bond acceptors (Lipinski definition) is 4. The van der Waals surface area contributed by atoms with Gasteiger partial charge in [-0.05, 0) is 66.7 Å². The van der Waals surface area contributed by atoms with Crippen LogP contribution in [0.5, 0.6) is 0 Å². The van der Waals surface area contributed by atoms with E-state index in [0.29, 0.717) is 0 Å². The summed E-state index contributed by atoms with van der Waals surface area (Å²) >= 11 is 0. The van der Waals surface area contributed by atoms with Crippen molar-refractivity contribution >= 4 is 65.4 Å². The molecule has 0 aliphatic rings. The van der Waals surface area contributed by atoms with Crippen molar-refractivity contribution in [2.75, 3.05) is 0 Å². The van der Waals surface area contributed by atoms with Crippen molar-refractivity contribution in [2.45, 2.75) is 0 Å². The zero-order valence-corrected chi connectivity index (χ0v) is 33.8. The van der Waals surface area contributed by atoms with E-state index in [4.69, 9.17) is 19.9 Å². The van der Waals surface area contributed by atoms with E-state index in [1.54, 1.807) is 0 Å². The maximum absolute atomic E-state index is 5.35. The highest BCUT2D eigenvalue weighted by Gasteiger charge is 2.18. The van der Waals surface area contributed by atoms with Crippen LogP contribution in [-0.4, -0.2) is 34.9 Å². The summed E-state index contributed by atoms with van der Waals surface area (Å²) < 4.78 is 0. The molecular weight excluding hydrogens is 771 g/mol. The molecule has 0 aliphatic heterocycles. The monoisotopic (exact) mass is 805 g/mol. The minimum absolute atomic E-state index is 0.725. The van der Waals surface area contributed by atoms with Crippen LogP contribution in [0.15, 0.2) is 194 Å². The molecule has 7 heteroatoms. The lowest BCUT2D eigenvalue weighted by atomic mass is 10.0. The Hall–Kier alpha value is -8.68. The molecule has 0 spiro atoms. The van der Waals surface area contributed by atoms with Crippen LogP contribution in [0.1, 0.15) is 0 Å². The number of para-hydroxylation sites is 6. The van der Waals surface area contributed by atoms with Crippen molar-refractivity contribution in [1.29, 1.82) is 0 Å². The summed E-state index contributed by atoms with van der Waals surface area (Å²) in [5.74, 6) is 0. The van der Waals surface area contributed by atoms with Crippen LogP contribution in [0, 0.1) is 0 Å². The lowest BCUT2D eigenvalue weighted by Gasteiger charge is -2.12. The summed E-state index contributed by atoms with van der Waals surface area (Å²) in [6, 6.07) is 67.2. The van der Waals surface area contributed by atoms with E-state index in [1.165, 1.54) is 32.3 Å². The lowest BCUT2D eigenvalue weighted by molar-refractivity contribution is 1.22. The van der Waals surface area contributed by atoms with Crippen LogP contribution in [0.25, 0.3) is 133 Å². The van der Waals surface area contributed by atoms with E-state index in [9.17, 15) is 0 Å². The second-order valence-corrected chi connectivity index (χ2v) is 16.0. The third-order valence-electron chi connectivity index (χ3n) is 12.3. The third-order valence-corrected chi connectivity index (χ3v) is 12.3. The fourth-order valence-corrected chi connectivity index (χ4v) is 9.40. The number of aromatic nitrogens is 7. The van der Waals surface area contributed by atoms with Gasteiger partial charge in [0.05, 0.1) is 62.1 Å². The number of nitrogens with one attached hydrogen (secondary N) is 3. The molecule has 0 saturated carbocycles. The molecule has 7 heterocycles. The Kier molecular flexibility index (Phi) is 7.77. The highest BCUT2D eigenvalue weighted by Crippen LogP contribution is 2.38.